The van der Waals surface area contributed by atoms with Crippen LogP contribution < -0.4 is 11.1 Å². The molecular weight excluding hydrogens is 204 g/mol. The summed E-state index contributed by atoms with van der Waals surface area (Å²) in [6.07, 6.45) is 4.14. The van der Waals surface area contributed by atoms with Gasteiger partial charge in [-0.05, 0) is 33.1 Å². The van der Waals surface area contributed by atoms with Gasteiger partial charge in [-0.1, -0.05) is 6.42 Å². The van der Waals surface area contributed by atoms with Crippen LogP contribution in [0.4, 0.5) is 0 Å². The minimum Gasteiger partial charge on any atom is -0.379 e. The molecule has 0 aliphatic heterocycles. The van der Waals surface area contributed by atoms with Crippen LogP contribution in [0.15, 0.2) is 0 Å². The molecule has 0 aromatic carbocycles. The molecule has 0 aromatic heterocycles. The highest BCUT2D eigenvalue weighted by molar-refractivity contribution is 5.83. The fourth-order valence-electron chi connectivity index (χ4n) is 1.91. The molecule has 4 nitrogen and oxygen atoms in total. The summed E-state index contributed by atoms with van der Waals surface area (Å²) in [5.74, 6) is 0.130. The van der Waals surface area contributed by atoms with Gasteiger partial charge in [-0.15, -0.1) is 0 Å². The number of hydrogen-bond donors (Lipinski definition) is 2. The van der Waals surface area contributed by atoms with E-state index in [9.17, 15) is 4.79 Å². The summed E-state index contributed by atoms with van der Waals surface area (Å²) < 4.78 is 5.40. The molecular formula is C12H24N2O2. The first kappa shape index (κ1) is 13.5. The van der Waals surface area contributed by atoms with E-state index in [1.54, 1.807) is 0 Å². The normalized spacial score (nSPS) is 18.2. The van der Waals surface area contributed by atoms with Gasteiger partial charge in [0, 0.05) is 19.7 Å². The highest BCUT2D eigenvalue weighted by Gasteiger charge is 2.42. The Labute approximate surface area is 97.9 Å². The van der Waals surface area contributed by atoms with E-state index in [1.807, 2.05) is 13.8 Å². The van der Waals surface area contributed by atoms with Crippen molar-refractivity contribution in [1.29, 1.82) is 0 Å². The maximum absolute atomic E-state index is 11.8. The lowest BCUT2D eigenvalue weighted by molar-refractivity contribution is -0.135. The van der Waals surface area contributed by atoms with Gasteiger partial charge >= 0.3 is 0 Å². The van der Waals surface area contributed by atoms with E-state index in [0.717, 1.165) is 25.7 Å². The van der Waals surface area contributed by atoms with Crippen molar-refractivity contribution in [1.82, 2.24) is 5.32 Å². The highest BCUT2D eigenvalue weighted by Crippen LogP contribution is 2.39. The van der Waals surface area contributed by atoms with Crippen LogP contribution in [-0.2, 0) is 9.53 Å². The molecule has 0 aromatic rings. The third-order valence-electron chi connectivity index (χ3n) is 3.24. The lowest BCUT2D eigenvalue weighted by Gasteiger charge is -2.39. The smallest absolute Gasteiger partial charge is 0.227 e. The summed E-state index contributed by atoms with van der Waals surface area (Å²) in [7, 11) is 0. The lowest BCUT2D eigenvalue weighted by Crippen LogP contribution is -2.50. The minimum absolute atomic E-state index is 0.130. The summed E-state index contributed by atoms with van der Waals surface area (Å²) in [6, 6.07) is 0. The van der Waals surface area contributed by atoms with Crippen LogP contribution in [0, 0.1) is 5.41 Å². The molecule has 4 heteroatoms. The van der Waals surface area contributed by atoms with E-state index in [2.05, 4.69) is 5.32 Å². The largest absolute Gasteiger partial charge is 0.379 e. The number of ether oxygens (including phenoxy) is 1. The fraction of sp³-hybridized carbons (Fsp3) is 0.917. The van der Waals surface area contributed by atoms with Crippen LogP contribution >= 0.6 is 0 Å². The Kier molecular flexibility index (Phi) is 5.22. The van der Waals surface area contributed by atoms with Gasteiger partial charge in [0.25, 0.3) is 0 Å². The molecule has 1 aliphatic carbocycles. The molecule has 0 heterocycles. The van der Waals surface area contributed by atoms with Gasteiger partial charge in [0.05, 0.1) is 11.5 Å². The van der Waals surface area contributed by atoms with Crippen molar-refractivity contribution in [3.63, 3.8) is 0 Å². The molecule has 1 fully saturated rings. The van der Waals surface area contributed by atoms with Gasteiger partial charge in [-0.2, -0.15) is 0 Å². The predicted molar refractivity (Wildman–Crippen MR) is 64.1 cm³/mol. The third-order valence-corrected chi connectivity index (χ3v) is 3.24. The monoisotopic (exact) mass is 228 g/mol. The Morgan fingerprint density at radius 2 is 2.19 bits per heavy atom. The first-order valence-corrected chi connectivity index (χ1v) is 6.21. The molecule has 0 radical (unpaired) electrons. The molecule has 0 unspecified atom stereocenters. The second-order valence-corrected chi connectivity index (χ2v) is 4.87. The fourth-order valence-corrected chi connectivity index (χ4v) is 1.91. The van der Waals surface area contributed by atoms with Crippen molar-refractivity contribution in [3.05, 3.63) is 0 Å². The minimum atomic E-state index is -0.251. The zero-order valence-corrected chi connectivity index (χ0v) is 10.4. The first-order chi connectivity index (χ1) is 7.60. The topological polar surface area (TPSA) is 64.3 Å². The van der Waals surface area contributed by atoms with Crippen LogP contribution in [0.3, 0.4) is 0 Å². The van der Waals surface area contributed by atoms with Gasteiger partial charge in [-0.25, -0.2) is 0 Å². The molecule has 0 saturated heterocycles. The van der Waals surface area contributed by atoms with Crippen LogP contribution in [0.5, 0.6) is 0 Å². The number of nitrogens with two attached hydrogens (primary N) is 1. The van der Waals surface area contributed by atoms with Gasteiger partial charge in [0.15, 0.2) is 0 Å². The molecule has 94 valence electrons. The van der Waals surface area contributed by atoms with Crippen molar-refractivity contribution in [2.24, 2.45) is 11.1 Å². The van der Waals surface area contributed by atoms with E-state index < -0.39 is 0 Å². The molecule has 0 bridgehead atoms. The Morgan fingerprint density at radius 1 is 1.50 bits per heavy atom. The predicted octanol–water partition coefficient (Wildman–Crippen LogP) is 1.05. The zero-order chi connectivity index (χ0) is 12.0. The molecule has 0 spiro atoms. The van der Waals surface area contributed by atoms with Crippen LogP contribution in [-0.4, -0.2) is 31.7 Å². The van der Waals surface area contributed by atoms with Crippen molar-refractivity contribution in [2.45, 2.75) is 45.6 Å². The second kappa shape index (κ2) is 6.21. The van der Waals surface area contributed by atoms with E-state index in [0.29, 0.717) is 19.7 Å². The van der Waals surface area contributed by atoms with E-state index in [-0.39, 0.29) is 17.4 Å². The Hall–Kier alpha value is -0.610. The second-order valence-electron chi connectivity index (χ2n) is 4.87. The maximum Gasteiger partial charge on any atom is 0.227 e. The zero-order valence-electron chi connectivity index (χ0n) is 10.4. The van der Waals surface area contributed by atoms with E-state index in [1.165, 1.54) is 0 Å². The molecule has 16 heavy (non-hydrogen) atoms. The molecule has 3 N–H and O–H groups in total. The average molecular weight is 228 g/mol. The Morgan fingerprint density at radius 3 is 2.62 bits per heavy atom. The summed E-state index contributed by atoms with van der Waals surface area (Å²) in [4.78, 5) is 11.8. The molecule has 0 atom stereocenters. The molecule has 1 aliphatic rings. The SMILES string of the molecule is CC(C)OCCCNC(=O)C1(CN)CCC1. The number of nitrogens with one attached hydrogen (secondary N) is 1. The summed E-state index contributed by atoms with van der Waals surface area (Å²) in [5.41, 5.74) is 5.40. The Balaban J connectivity index is 2.10. The van der Waals surface area contributed by atoms with Gasteiger partial charge in [-0.3, -0.25) is 4.79 Å². The van der Waals surface area contributed by atoms with E-state index >= 15 is 0 Å². The number of rotatable bonds is 7. The van der Waals surface area contributed by atoms with Gasteiger partial charge < -0.3 is 15.8 Å². The summed E-state index contributed by atoms with van der Waals surface area (Å²) >= 11 is 0. The number of carbonyl (C=O) groups is 1. The lowest BCUT2D eigenvalue weighted by atomic mass is 9.68. The number of carbonyl (C=O) groups excluding carboxylic acids is 1. The maximum atomic E-state index is 11.8. The summed E-state index contributed by atoms with van der Waals surface area (Å²) in [5, 5.41) is 2.95. The Bertz CT molecular complexity index is 220. The standard InChI is InChI=1S/C12H24N2O2/c1-10(2)16-8-4-7-14-11(15)12(9-13)5-3-6-12/h10H,3-9,13H2,1-2H3,(H,14,15). The van der Waals surface area contributed by atoms with Crippen molar-refractivity contribution >= 4 is 5.91 Å². The van der Waals surface area contributed by atoms with Crippen molar-refractivity contribution in [3.8, 4) is 0 Å². The summed E-state index contributed by atoms with van der Waals surface area (Å²) in [6.45, 7) is 5.88. The van der Waals surface area contributed by atoms with Crippen LogP contribution in [0.2, 0.25) is 0 Å². The third kappa shape index (κ3) is 3.46. The van der Waals surface area contributed by atoms with Crippen molar-refractivity contribution in [2.75, 3.05) is 19.7 Å². The van der Waals surface area contributed by atoms with Gasteiger partial charge in [0.1, 0.15) is 0 Å². The van der Waals surface area contributed by atoms with Gasteiger partial charge in [0.2, 0.25) is 5.91 Å². The number of amides is 1. The quantitative estimate of drug-likeness (QED) is 0.640. The average Bonchev–Trinajstić information content (AvgIpc) is 2.16. The molecule has 1 saturated carbocycles. The van der Waals surface area contributed by atoms with E-state index in [4.69, 9.17) is 10.5 Å². The van der Waals surface area contributed by atoms with Crippen LogP contribution in [0.1, 0.15) is 39.5 Å². The molecule has 1 rings (SSSR count). The first-order valence-electron chi connectivity index (χ1n) is 6.21. The van der Waals surface area contributed by atoms with Crippen molar-refractivity contribution < 1.29 is 9.53 Å². The highest BCUT2D eigenvalue weighted by atomic mass is 16.5. The number of hydrogen-bond acceptors (Lipinski definition) is 3. The van der Waals surface area contributed by atoms with Crippen LogP contribution in [0.25, 0.3) is 0 Å². The molecule has 1 amide bonds.